The molecule has 1 nitrogen and oxygen atoms in total. The topological polar surface area (TPSA) is 14.1 Å². The third-order valence-electron chi connectivity index (χ3n) is 2.92. The molecule has 1 aromatic rings. The van der Waals surface area contributed by atoms with Crippen molar-refractivity contribution in [3.63, 3.8) is 0 Å². The van der Waals surface area contributed by atoms with E-state index >= 15 is 0 Å². The fraction of sp³-hybridized carbons (Fsp3) is 0.714. The summed E-state index contributed by atoms with van der Waals surface area (Å²) in [7, 11) is 0. The fourth-order valence-electron chi connectivity index (χ4n) is 2.10. The van der Waals surface area contributed by atoms with E-state index in [4.69, 9.17) is 4.98 Å². The van der Waals surface area contributed by atoms with Gasteiger partial charge in [0.05, 0.1) is 0 Å². The van der Waals surface area contributed by atoms with Crippen LogP contribution in [0.25, 0.3) is 0 Å². The lowest BCUT2D eigenvalue weighted by atomic mass is 9.87. The average molecular weight is 206 g/mol. The summed E-state index contributed by atoms with van der Waals surface area (Å²) in [5, 5.41) is 0. The molecule has 0 atom stereocenters. The highest BCUT2D eigenvalue weighted by molar-refractivity contribution is 5.40. The Morgan fingerprint density at radius 3 is 1.07 bits per heavy atom. The number of hydrogen-bond acceptors (Lipinski definition) is 0. The number of aromatic nitrogens is 1. The van der Waals surface area contributed by atoms with E-state index in [1.807, 2.05) is 0 Å². The second-order valence-corrected chi connectivity index (χ2v) is 6.56. The lowest BCUT2D eigenvalue weighted by molar-refractivity contribution is 0.537. The van der Waals surface area contributed by atoms with Crippen molar-refractivity contribution in [2.24, 2.45) is 0 Å². The number of rotatable bonds is 0. The summed E-state index contributed by atoms with van der Waals surface area (Å²) >= 11 is 0. The maximum Gasteiger partial charge on any atom is -0.0334 e. The van der Waals surface area contributed by atoms with Crippen molar-refractivity contribution in [3.8, 4) is 0 Å². The van der Waals surface area contributed by atoms with Crippen molar-refractivity contribution in [2.45, 2.75) is 66.2 Å². The summed E-state index contributed by atoms with van der Waals surface area (Å²) in [6.45, 7) is 17.8. The molecule has 0 radical (unpaired) electrons. The Hall–Kier alpha value is -0.720. The minimum absolute atomic E-state index is 0.151. The summed E-state index contributed by atoms with van der Waals surface area (Å²) in [5.74, 6) is 0. The smallest absolute Gasteiger partial charge is 0.0334 e. The van der Waals surface area contributed by atoms with Crippen molar-refractivity contribution in [1.29, 1.82) is 0 Å². The quantitative estimate of drug-likeness (QED) is 0.629. The van der Waals surface area contributed by atoms with E-state index in [1.165, 1.54) is 22.5 Å². The molecule has 0 bridgehead atoms. The van der Waals surface area contributed by atoms with Gasteiger partial charge in [0.15, 0.2) is 0 Å². The van der Waals surface area contributed by atoms with Crippen molar-refractivity contribution >= 4 is 0 Å². The highest BCUT2D eigenvalue weighted by Crippen LogP contribution is 2.32. The van der Waals surface area contributed by atoms with Crippen LogP contribution in [0.1, 0.15) is 64.1 Å². The maximum absolute atomic E-state index is 4.85. The molecule has 0 aliphatic heterocycles. The van der Waals surface area contributed by atoms with Crippen LogP contribution in [0.15, 0.2) is 0 Å². The molecule has 0 spiro atoms. The second-order valence-electron chi connectivity index (χ2n) is 6.56. The Kier molecular flexibility index (Phi) is 2.80. The van der Waals surface area contributed by atoms with Gasteiger partial charge >= 0.3 is 0 Å². The van der Waals surface area contributed by atoms with E-state index in [9.17, 15) is 0 Å². The van der Waals surface area contributed by atoms with Crippen LogP contribution >= 0.6 is 0 Å². The van der Waals surface area contributed by atoms with E-state index < -0.39 is 0 Å². The van der Waals surface area contributed by atoms with Gasteiger partial charge in [-0.3, -0.25) is 0 Å². The van der Waals surface area contributed by atoms with Gasteiger partial charge < -0.3 is 4.98 Å². The molecule has 0 amide bonds. The molecule has 0 saturated heterocycles. The third kappa shape index (κ3) is 2.27. The van der Waals surface area contributed by atoms with Gasteiger partial charge in [0, 0.05) is 0 Å². The summed E-state index contributed by atoms with van der Waals surface area (Å²) < 4.78 is 0. The minimum Gasteiger partial charge on any atom is -0.663 e. The largest absolute Gasteiger partial charge is 0.663 e. The molecule has 0 aliphatic rings. The minimum atomic E-state index is 0.151. The summed E-state index contributed by atoms with van der Waals surface area (Å²) in [4.78, 5) is 4.85. The van der Waals surface area contributed by atoms with Crippen LogP contribution in [-0.4, -0.2) is 0 Å². The maximum atomic E-state index is 4.85. The normalized spacial score (nSPS) is 13.3. The fourth-order valence-corrected chi connectivity index (χ4v) is 2.10. The van der Waals surface area contributed by atoms with Crippen LogP contribution in [0.4, 0.5) is 0 Å². The lowest BCUT2D eigenvalue weighted by Crippen LogP contribution is -2.17. The highest BCUT2D eigenvalue weighted by atomic mass is 14.8. The molecule has 15 heavy (non-hydrogen) atoms. The van der Waals surface area contributed by atoms with E-state index in [0.717, 1.165) is 0 Å². The predicted molar refractivity (Wildman–Crippen MR) is 66.6 cm³/mol. The molecule has 0 aromatic carbocycles. The lowest BCUT2D eigenvalue weighted by Gasteiger charge is -2.30. The first-order valence-electron chi connectivity index (χ1n) is 5.70. The van der Waals surface area contributed by atoms with Gasteiger partial charge in [0.25, 0.3) is 0 Å². The molecular weight excluding hydrogens is 182 g/mol. The zero-order chi connectivity index (χ0) is 12.0. The first kappa shape index (κ1) is 12.4. The van der Waals surface area contributed by atoms with Crippen molar-refractivity contribution < 1.29 is 0 Å². The first-order valence-corrected chi connectivity index (χ1v) is 5.70. The second kappa shape index (κ2) is 3.40. The van der Waals surface area contributed by atoms with Crippen molar-refractivity contribution in [3.05, 3.63) is 22.5 Å². The van der Waals surface area contributed by atoms with Gasteiger partial charge in [0.1, 0.15) is 0 Å². The van der Waals surface area contributed by atoms with Gasteiger partial charge in [-0.1, -0.05) is 52.7 Å². The molecule has 0 aliphatic carbocycles. The molecule has 1 rings (SSSR count). The van der Waals surface area contributed by atoms with Gasteiger partial charge in [-0.25, -0.2) is 0 Å². The molecule has 0 saturated carbocycles. The first-order chi connectivity index (χ1) is 6.55. The van der Waals surface area contributed by atoms with E-state index in [2.05, 4.69) is 55.4 Å². The van der Waals surface area contributed by atoms with Crippen molar-refractivity contribution in [1.82, 2.24) is 4.98 Å². The molecule has 1 heterocycles. The van der Waals surface area contributed by atoms with E-state index in [-0.39, 0.29) is 10.8 Å². The van der Waals surface area contributed by atoms with E-state index in [1.54, 1.807) is 0 Å². The monoisotopic (exact) mass is 206 g/mol. The third-order valence-corrected chi connectivity index (χ3v) is 2.92. The molecule has 0 N–H and O–H groups in total. The summed E-state index contributed by atoms with van der Waals surface area (Å²) in [5.41, 5.74) is 5.55. The van der Waals surface area contributed by atoms with Gasteiger partial charge in [-0.15, -0.1) is 0 Å². The Morgan fingerprint density at radius 2 is 0.933 bits per heavy atom. The van der Waals surface area contributed by atoms with Crippen LogP contribution in [-0.2, 0) is 10.8 Å². The standard InChI is InChI=1S/C14H24N/c1-9-10(2)12(14(6,7)8)15-11(9)13(3,4)5/h1-8H3/q-1. The summed E-state index contributed by atoms with van der Waals surface area (Å²) in [6.07, 6.45) is 0. The Labute approximate surface area is 94.3 Å². The zero-order valence-corrected chi connectivity index (χ0v) is 11.4. The van der Waals surface area contributed by atoms with Gasteiger partial charge in [0.2, 0.25) is 0 Å². The molecule has 1 heteroatoms. The molecular formula is C14H24N-. The molecule has 0 fully saturated rings. The number of hydrogen-bond donors (Lipinski definition) is 0. The Bertz CT molecular complexity index is 321. The van der Waals surface area contributed by atoms with Gasteiger partial charge in [-0.2, -0.15) is 11.4 Å². The molecule has 0 unspecified atom stereocenters. The van der Waals surface area contributed by atoms with Crippen molar-refractivity contribution in [2.75, 3.05) is 0 Å². The SMILES string of the molecule is Cc1c(C(C)(C)C)[n-]c(C(C)(C)C)c1C. The highest BCUT2D eigenvalue weighted by Gasteiger charge is 2.18. The molecule has 1 aromatic heterocycles. The zero-order valence-electron chi connectivity index (χ0n) is 11.4. The van der Waals surface area contributed by atoms with Crippen LogP contribution in [0.5, 0.6) is 0 Å². The number of nitrogens with zero attached hydrogens (tertiary/aromatic N) is 1. The molecule has 86 valence electrons. The van der Waals surface area contributed by atoms with Crippen LogP contribution in [0, 0.1) is 13.8 Å². The van der Waals surface area contributed by atoms with Crippen LogP contribution < -0.4 is 4.98 Å². The van der Waals surface area contributed by atoms with Crippen LogP contribution in [0.2, 0.25) is 0 Å². The Balaban J connectivity index is 3.38. The van der Waals surface area contributed by atoms with Gasteiger partial charge in [-0.05, 0) is 24.7 Å². The Morgan fingerprint density at radius 1 is 0.667 bits per heavy atom. The predicted octanol–water partition coefficient (Wildman–Crippen LogP) is 3.86. The average Bonchev–Trinajstić information content (AvgIpc) is 2.26. The van der Waals surface area contributed by atoms with Crippen LogP contribution in [0.3, 0.4) is 0 Å². The van der Waals surface area contributed by atoms with E-state index in [0.29, 0.717) is 0 Å². The summed E-state index contributed by atoms with van der Waals surface area (Å²) in [6, 6.07) is 0.